The number of sulfonamides is 1. The van der Waals surface area contributed by atoms with Gasteiger partial charge in [-0.3, -0.25) is 9.36 Å². The minimum absolute atomic E-state index is 0.133. The van der Waals surface area contributed by atoms with Crippen molar-refractivity contribution in [1.29, 1.82) is 0 Å². The zero-order chi connectivity index (χ0) is 20.9. The average molecular weight is 414 g/mol. The topological polar surface area (TPSA) is 106 Å². The highest BCUT2D eigenvalue weighted by atomic mass is 32.2. The SMILES string of the molecule is CCC(C)NS(=O)(=O)c1ccc(C(=O)NCc2ccc(-n3ccnc3)nc2)cc1. The summed E-state index contributed by atoms with van der Waals surface area (Å²) in [4.78, 5) is 20.8. The summed E-state index contributed by atoms with van der Waals surface area (Å²) in [5.41, 5.74) is 1.23. The van der Waals surface area contributed by atoms with E-state index in [1.54, 1.807) is 36.4 Å². The van der Waals surface area contributed by atoms with E-state index < -0.39 is 10.0 Å². The third kappa shape index (κ3) is 5.27. The van der Waals surface area contributed by atoms with E-state index in [1.165, 1.54) is 24.3 Å². The molecule has 2 aromatic heterocycles. The Balaban J connectivity index is 1.59. The molecule has 0 spiro atoms. The van der Waals surface area contributed by atoms with E-state index in [2.05, 4.69) is 20.0 Å². The molecule has 29 heavy (non-hydrogen) atoms. The van der Waals surface area contributed by atoms with Crippen LogP contribution in [0.1, 0.15) is 36.2 Å². The van der Waals surface area contributed by atoms with Crippen molar-refractivity contribution in [2.75, 3.05) is 0 Å². The molecule has 0 saturated carbocycles. The van der Waals surface area contributed by atoms with Gasteiger partial charge in [-0.2, -0.15) is 0 Å². The third-order valence-corrected chi connectivity index (χ3v) is 6.03. The Morgan fingerprint density at radius 1 is 1.17 bits per heavy atom. The van der Waals surface area contributed by atoms with Crippen LogP contribution in [0.15, 0.2) is 66.2 Å². The van der Waals surface area contributed by atoms with Crippen molar-refractivity contribution in [3.05, 3.63) is 72.4 Å². The number of amides is 1. The van der Waals surface area contributed by atoms with Crippen LogP contribution in [0.3, 0.4) is 0 Å². The maximum Gasteiger partial charge on any atom is 0.251 e. The van der Waals surface area contributed by atoms with Crippen molar-refractivity contribution in [1.82, 2.24) is 24.6 Å². The van der Waals surface area contributed by atoms with E-state index in [4.69, 9.17) is 0 Å². The van der Waals surface area contributed by atoms with Crippen LogP contribution in [0.5, 0.6) is 0 Å². The number of aromatic nitrogens is 3. The Kier molecular flexibility index (Phi) is 6.40. The highest BCUT2D eigenvalue weighted by molar-refractivity contribution is 7.89. The highest BCUT2D eigenvalue weighted by Crippen LogP contribution is 2.12. The van der Waals surface area contributed by atoms with Crippen LogP contribution in [0.4, 0.5) is 0 Å². The van der Waals surface area contributed by atoms with E-state index in [0.29, 0.717) is 18.5 Å². The number of hydrogen-bond donors (Lipinski definition) is 2. The number of pyridine rings is 1. The molecule has 2 N–H and O–H groups in total. The van der Waals surface area contributed by atoms with Gasteiger partial charge in [0.15, 0.2) is 0 Å². The molecule has 0 radical (unpaired) electrons. The molecular formula is C20H23N5O3S. The Morgan fingerprint density at radius 2 is 1.93 bits per heavy atom. The molecule has 0 fully saturated rings. The van der Waals surface area contributed by atoms with Gasteiger partial charge < -0.3 is 5.32 Å². The molecule has 0 bridgehead atoms. The number of carbonyl (C=O) groups is 1. The Hall–Kier alpha value is -3.04. The van der Waals surface area contributed by atoms with E-state index in [-0.39, 0.29) is 16.8 Å². The monoisotopic (exact) mass is 413 g/mol. The standard InChI is InChI=1S/C20H23N5O3S/c1-3-15(2)24-29(27,28)18-7-5-17(6-8-18)20(26)23-13-16-4-9-19(22-12-16)25-11-10-21-14-25/h4-12,14-15,24H,3,13H2,1-2H3,(H,23,26). The molecule has 1 amide bonds. The molecule has 1 atom stereocenters. The van der Waals surface area contributed by atoms with Gasteiger partial charge in [-0.1, -0.05) is 13.0 Å². The second-order valence-corrected chi connectivity index (χ2v) is 8.35. The number of rotatable bonds is 8. The van der Waals surface area contributed by atoms with Crippen molar-refractivity contribution < 1.29 is 13.2 Å². The van der Waals surface area contributed by atoms with Gasteiger partial charge in [-0.25, -0.2) is 23.1 Å². The second-order valence-electron chi connectivity index (χ2n) is 6.63. The van der Waals surface area contributed by atoms with Crippen LogP contribution < -0.4 is 10.0 Å². The fourth-order valence-electron chi connectivity index (χ4n) is 2.55. The van der Waals surface area contributed by atoms with Crippen molar-refractivity contribution in [3.8, 4) is 5.82 Å². The summed E-state index contributed by atoms with van der Waals surface area (Å²) in [5.74, 6) is 0.447. The summed E-state index contributed by atoms with van der Waals surface area (Å²) in [7, 11) is -3.59. The third-order valence-electron chi connectivity index (χ3n) is 4.43. The number of imidazole rings is 1. The molecular weight excluding hydrogens is 390 g/mol. The summed E-state index contributed by atoms with van der Waals surface area (Å²) in [6.45, 7) is 4.02. The fourth-order valence-corrected chi connectivity index (χ4v) is 3.88. The van der Waals surface area contributed by atoms with Crippen LogP contribution in [-0.2, 0) is 16.6 Å². The smallest absolute Gasteiger partial charge is 0.251 e. The summed E-state index contributed by atoms with van der Waals surface area (Å²) >= 11 is 0. The molecule has 9 heteroatoms. The molecule has 0 aliphatic heterocycles. The lowest BCUT2D eigenvalue weighted by atomic mass is 10.2. The minimum atomic E-state index is -3.59. The molecule has 0 aliphatic rings. The van der Waals surface area contributed by atoms with E-state index in [9.17, 15) is 13.2 Å². The number of benzene rings is 1. The molecule has 0 saturated heterocycles. The van der Waals surface area contributed by atoms with Crippen LogP contribution in [0, 0.1) is 0 Å². The van der Waals surface area contributed by atoms with Crippen molar-refractivity contribution >= 4 is 15.9 Å². The minimum Gasteiger partial charge on any atom is -0.348 e. The van der Waals surface area contributed by atoms with Gasteiger partial charge in [0.05, 0.1) is 4.90 Å². The fraction of sp³-hybridized carbons (Fsp3) is 0.250. The largest absolute Gasteiger partial charge is 0.348 e. The summed E-state index contributed by atoms with van der Waals surface area (Å²) in [6, 6.07) is 9.42. The Morgan fingerprint density at radius 3 is 2.52 bits per heavy atom. The molecule has 3 rings (SSSR count). The molecule has 152 valence electrons. The van der Waals surface area contributed by atoms with Gasteiger partial charge in [0.1, 0.15) is 12.1 Å². The molecule has 0 aliphatic carbocycles. The van der Waals surface area contributed by atoms with Gasteiger partial charge in [0.25, 0.3) is 5.91 Å². The van der Waals surface area contributed by atoms with Crippen molar-refractivity contribution in [2.24, 2.45) is 0 Å². The van der Waals surface area contributed by atoms with Crippen LogP contribution >= 0.6 is 0 Å². The number of nitrogens with zero attached hydrogens (tertiary/aromatic N) is 3. The first kappa shape index (κ1) is 20.7. The van der Waals surface area contributed by atoms with Crippen LogP contribution in [0.2, 0.25) is 0 Å². The zero-order valence-corrected chi connectivity index (χ0v) is 17.1. The van der Waals surface area contributed by atoms with Gasteiger partial charge in [-0.15, -0.1) is 0 Å². The molecule has 1 unspecified atom stereocenters. The summed E-state index contributed by atoms with van der Waals surface area (Å²) < 4.78 is 28.9. The van der Waals surface area contributed by atoms with E-state index in [0.717, 1.165) is 11.4 Å². The summed E-state index contributed by atoms with van der Waals surface area (Å²) in [5, 5.41) is 2.81. The van der Waals surface area contributed by atoms with Crippen molar-refractivity contribution in [2.45, 2.75) is 37.8 Å². The van der Waals surface area contributed by atoms with Crippen LogP contribution in [-0.4, -0.2) is 34.9 Å². The van der Waals surface area contributed by atoms with Crippen molar-refractivity contribution in [3.63, 3.8) is 0 Å². The lowest BCUT2D eigenvalue weighted by Gasteiger charge is -2.12. The first-order valence-electron chi connectivity index (χ1n) is 9.23. The maximum absolute atomic E-state index is 12.3. The average Bonchev–Trinajstić information content (AvgIpc) is 3.27. The first-order chi connectivity index (χ1) is 13.9. The molecule has 8 nitrogen and oxygen atoms in total. The number of nitrogens with one attached hydrogen (secondary N) is 2. The normalized spacial score (nSPS) is 12.5. The zero-order valence-electron chi connectivity index (χ0n) is 16.2. The Labute approximate surface area is 170 Å². The van der Waals surface area contributed by atoms with Gasteiger partial charge >= 0.3 is 0 Å². The van der Waals surface area contributed by atoms with E-state index in [1.807, 2.05) is 19.1 Å². The van der Waals surface area contributed by atoms with E-state index >= 15 is 0 Å². The van der Waals surface area contributed by atoms with Gasteiger partial charge in [0.2, 0.25) is 10.0 Å². The predicted molar refractivity (Wildman–Crippen MR) is 109 cm³/mol. The Bertz CT molecular complexity index is 1050. The predicted octanol–water partition coefficient (Wildman–Crippen LogP) is 2.27. The lowest BCUT2D eigenvalue weighted by molar-refractivity contribution is 0.0951. The quantitative estimate of drug-likeness (QED) is 0.589. The van der Waals surface area contributed by atoms with Crippen LogP contribution in [0.25, 0.3) is 5.82 Å². The highest BCUT2D eigenvalue weighted by Gasteiger charge is 2.17. The second kappa shape index (κ2) is 8.97. The maximum atomic E-state index is 12.3. The molecule has 1 aromatic carbocycles. The van der Waals surface area contributed by atoms with Gasteiger partial charge in [0, 0.05) is 36.7 Å². The summed E-state index contributed by atoms with van der Waals surface area (Å²) in [6.07, 6.45) is 7.51. The van der Waals surface area contributed by atoms with Gasteiger partial charge in [-0.05, 0) is 49.2 Å². The molecule has 3 aromatic rings. The number of carbonyl (C=O) groups excluding carboxylic acids is 1. The molecule has 2 heterocycles. The number of hydrogen-bond acceptors (Lipinski definition) is 5. The lowest BCUT2D eigenvalue weighted by Crippen LogP contribution is -2.32. The first-order valence-corrected chi connectivity index (χ1v) is 10.7.